The Labute approximate surface area is 90.8 Å². The van der Waals surface area contributed by atoms with Gasteiger partial charge in [-0.1, -0.05) is 20.8 Å². The van der Waals surface area contributed by atoms with Crippen molar-refractivity contribution in [1.82, 2.24) is 0 Å². The molecule has 0 bridgehead atoms. The minimum absolute atomic E-state index is 0. The quantitative estimate of drug-likeness (QED) is 0.732. The molecule has 1 aliphatic rings. The first kappa shape index (κ1) is 14.1. The zero-order valence-electron chi connectivity index (χ0n) is 9.07. The van der Waals surface area contributed by atoms with Gasteiger partial charge in [-0.05, 0) is 23.8 Å². The van der Waals surface area contributed by atoms with Gasteiger partial charge in [0.15, 0.2) is 0 Å². The highest BCUT2D eigenvalue weighted by Gasteiger charge is 2.49. The molecule has 0 heterocycles. The van der Waals surface area contributed by atoms with Gasteiger partial charge >= 0.3 is 0 Å². The fourth-order valence-corrected chi connectivity index (χ4v) is 2.81. The normalized spacial score (nSPS) is 34.7. The lowest BCUT2D eigenvalue weighted by molar-refractivity contribution is -0.118. The SMILES string of the molecule is CC1(C)CC(F)(F)CC(C)(CN)C1.Cl. The maximum absolute atomic E-state index is 13.3. The first-order chi connectivity index (χ1) is 5.68. The molecule has 86 valence electrons. The van der Waals surface area contributed by atoms with Crippen LogP contribution in [0.2, 0.25) is 0 Å². The van der Waals surface area contributed by atoms with E-state index >= 15 is 0 Å². The maximum Gasteiger partial charge on any atom is 0.249 e. The van der Waals surface area contributed by atoms with E-state index in [-0.39, 0.29) is 36.1 Å². The summed E-state index contributed by atoms with van der Waals surface area (Å²) in [7, 11) is 0. The molecule has 2 N–H and O–H groups in total. The largest absolute Gasteiger partial charge is 0.330 e. The third-order valence-corrected chi connectivity index (χ3v) is 2.82. The third kappa shape index (κ3) is 3.35. The summed E-state index contributed by atoms with van der Waals surface area (Å²) in [5.74, 6) is -2.53. The lowest BCUT2D eigenvalue weighted by Crippen LogP contribution is -2.45. The van der Waals surface area contributed by atoms with Crippen molar-refractivity contribution in [2.24, 2.45) is 16.6 Å². The second kappa shape index (κ2) is 3.93. The van der Waals surface area contributed by atoms with Crippen LogP contribution in [0.1, 0.15) is 40.0 Å². The van der Waals surface area contributed by atoms with Crippen LogP contribution < -0.4 is 5.73 Å². The fraction of sp³-hybridized carbons (Fsp3) is 1.00. The van der Waals surface area contributed by atoms with E-state index in [0.717, 1.165) is 6.42 Å². The van der Waals surface area contributed by atoms with Crippen molar-refractivity contribution in [2.45, 2.75) is 46.0 Å². The van der Waals surface area contributed by atoms with Crippen molar-refractivity contribution in [2.75, 3.05) is 6.54 Å². The van der Waals surface area contributed by atoms with Crippen LogP contribution in [0.25, 0.3) is 0 Å². The molecule has 0 aromatic heterocycles. The summed E-state index contributed by atoms with van der Waals surface area (Å²) in [5, 5.41) is 0. The highest BCUT2D eigenvalue weighted by molar-refractivity contribution is 5.85. The summed E-state index contributed by atoms with van der Waals surface area (Å²) in [6, 6.07) is 0. The second-order valence-electron chi connectivity index (χ2n) is 5.57. The van der Waals surface area contributed by atoms with Crippen LogP contribution in [0, 0.1) is 10.8 Å². The molecular formula is C10H20ClF2N. The molecule has 0 spiro atoms. The lowest BCUT2D eigenvalue weighted by Gasteiger charge is -2.45. The molecule has 1 nitrogen and oxygen atoms in total. The molecule has 0 saturated heterocycles. The highest BCUT2D eigenvalue weighted by atomic mass is 35.5. The summed E-state index contributed by atoms with van der Waals surface area (Å²) in [6.07, 6.45) is 0.738. The molecule has 1 aliphatic carbocycles. The Kier molecular flexibility index (Phi) is 3.96. The fourth-order valence-electron chi connectivity index (χ4n) is 2.81. The van der Waals surface area contributed by atoms with Gasteiger partial charge in [-0.15, -0.1) is 12.4 Å². The van der Waals surface area contributed by atoms with E-state index in [1.54, 1.807) is 0 Å². The molecule has 1 atom stereocenters. The number of alkyl halides is 2. The van der Waals surface area contributed by atoms with Crippen molar-refractivity contribution in [1.29, 1.82) is 0 Å². The van der Waals surface area contributed by atoms with Crippen molar-refractivity contribution in [3.8, 4) is 0 Å². The van der Waals surface area contributed by atoms with Gasteiger partial charge in [0.05, 0.1) is 0 Å². The molecule has 0 aromatic carbocycles. The molecule has 0 amide bonds. The third-order valence-electron chi connectivity index (χ3n) is 2.82. The minimum atomic E-state index is -2.53. The molecule has 1 fully saturated rings. The zero-order valence-corrected chi connectivity index (χ0v) is 9.89. The van der Waals surface area contributed by atoms with Crippen molar-refractivity contribution >= 4 is 12.4 Å². The molecule has 1 unspecified atom stereocenters. The standard InChI is InChI=1S/C10H19F2N.ClH/c1-8(2)4-9(3,7-13)6-10(11,12)5-8;/h4-7,13H2,1-3H3;1H. The Balaban J connectivity index is 0.00000169. The van der Waals surface area contributed by atoms with E-state index in [1.165, 1.54) is 0 Å². The van der Waals surface area contributed by atoms with Crippen molar-refractivity contribution in [3.63, 3.8) is 0 Å². The zero-order chi connectivity index (χ0) is 10.3. The molecular weight excluding hydrogens is 208 g/mol. The van der Waals surface area contributed by atoms with E-state index in [2.05, 4.69) is 0 Å². The van der Waals surface area contributed by atoms with Crippen LogP contribution in [-0.2, 0) is 0 Å². The predicted octanol–water partition coefficient (Wildman–Crippen LogP) is 3.22. The topological polar surface area (TPSA) is 26.0 Å². The predicted molar refractivity (Wildman–Crippen MR) is 57.0 cm³/mol. The lowest BCUT2D eigenvalue weighted by atomic mass is 9.63. The highest BCUT2D eigenvalue weighted by Crippen LogP contribution is 2.51. The number of hydrogen-bond acceptors (Lipinski definition) is 1. The summed E-state index contributed by atoms with van der Waals surface area (Å²) >= 11 is 0. The van der Waals surface area contributed by atoms with Crippen LogP contribution in [-0.4, -0.2) is 12.5 Å². The van der Waals surface area contributed by atoms with E-state index < -0.39 is 5.92 Å². The van der Waals surface area contributed by atoms with Gasteiger partial charge < -0.3 is 5.73 Å². The van der Waals surface area contributed by atoms with Gasteiger partial charge in [-0.25, -0.2) is 8.78 Å². The maximum atomic E-state index is 13.3. The first-order valence-electron chi connectivity index (χ1n) is 4.76. The van der Waals surface area contributed by atoms with Crippen molar-refractivity contribution < 1.29 is 8.78 Å². The van der Waals surface area contributed by atoms with Gasteiger partial charge in [0.1, 0.15) is 0 Å². The van der Waals surface area contributed by atoms with E-state index in [0.29, 0.717) is 6.54 Å². The Morgan fingerprint density at radius 1 is 1.07 bits per heavy atom. The van der Waals surface area contributed by atoms with Crippen LogP contribution in [0.3, 0.4) is 0 Å². The number of halogens is 3. The van der Waals surface area contributed by atoms with E-state index in [4.69, 9.17) is 5.73 Å². The smallest absolute Gasteiger partial charge is 0.249 e. The van der Waals surface area contributed by atoms with Crippen LogP contribution in [0.4, 0.5) is 8.78 Å². The van der Waals surface area contributed by atoms with Gasteiger partial charge in [0.2, 0.25) is 5.92 Å². The average molecular weight is 228 g/mol. The summed E-state index contributed by atoms with van der Waals surface area (Å²) in [4.78, 5) is 0. The Morgan fingerprint density at radius 3 is 1.93 bits per heavy atom. The van der Waals surface area contributed by atoms with Gasteiger partial charge in [0.25, 0.3) is 0 Å². The van der Waals surface area contributed by atoms with Crippen LogP contribution in [0.15, 0.2) is 0 Å². The van der Waals surface area contributed by atoms with Gasteiger partial charge in [0, 0.05) is 12.8 Å². The van der Waals surface area contributed by atoms with Gasteiger partial charge in [-0.2, -0.15) is 0 Å². The molecule has 0 aliphatic heterocycles. The number of nitrogens with two attached hydrogens (primary N) is 1. The van der Waals surface area contributed by atoms with E-state index in [9.17, 15) is 8.78 Å². The monoisotopic (exact) mass is 227 g/mol. The molecule has 0 radical (unpaired) electrons. The summed E-state index contributed by atoms with van der Waals surface area (Å²) < 4.78 is 26.7. The van der Waals surface area contributed by atoms with Crippen LogP contribution >= 0.6 is 12.4 Å². The van der Waals surface area contributed by atoms with E-state index in [1.807, 2.05) is 20.8 Å². The minimum Gasteiger partial charge on any atom is -0.330 e. The first-order valence-corrected chi connectivity index (χ1v) is 4.76. The summed E-state index contributed by atoms with van der Waals surface area (Å²) in [6.45, 7) is 6.01. The number of rotatable bonds is 1. The molecule has 1 rings (SSSR count). The molecule has 4 heteroatoms. The average Bonchev–Trinajstić information content (AvgIpc) is 1.79. The Morgan fingerprint density at radius 2 is 1.57 bits per heavy atom. The summed E-state index contributed by atoms with van der Waals surface area (Å²) in [5.41, 5.74) is 4.88. The number of hydrogen-bond donors (Lipinski definition) is 1. The molecule has 14 heavy (non-hydrogen) atoms. The second-order valence-corrected chi connectivity index (χ2v) is 5.57. The van der Waals surface area contributed by atoms with Gasteiger partial charge in [-0.3, -0.25) is 0 Å². The molecule has 0 aromatic rings. The van der Waals surface area contributed by atoms with Crippen molar-refractivity contribution in [3.05, 3.63) is 0 Å². The molecule has 1 saturated carbocycles. The van der Waals surface area contributed by atoms with Crippen LogP contribution in [0.5, 0.6) is 0 Å². The Hall–Kier alpha value is 0.110. The Bertz CT molecular complexity index is 188.